The van der Waals surface area contributed by atoms with Crippen LogP contribution >= 0.6 is 0 Å². The lowest BCUT2D eigenvalue weighted by molar-refractivity contribution is 0.0556. The largest absolute Gasteiger partial charge is 0.446 e. The van der Waals surface area contributed by atoms with Gasteiger partial charge in [0.1, 0.15) is 18.5 Å². The minimum absolute atomic E-state index is 0.0263. The number of ether oxygens (including phenoxy) is 3. The molecule has 0 bridgehead atoms. The number of carbonyl (C=O) groups is 2. The van der Waals surface area contributed by atoms with Gasteiger partial charge in [0, 0.05) is 24.2 Å². The van der Waals surface area contributed by atoms with Crippen molar-refractivity contribution < 1.29 is 23.8 Å². The number of hydrogen-bond donors (Lipinski definition) is 2. The molecule has 2 aromatic heterocycles. The van der Waals surface area contributed by atoms with E-state index < -0.39 is 0 Å². The Morgan fingerprint density at radius 3 is 2.68 bits per heavy atom. The standard InChI is InChI=1S/C27H40N6O5/c1-7-11-36-13-14-37-12-10-32-18-21(17-28-32)25(34)30-24-16-23(31-33(24)27(4,5)6)20-8-9-22(15-20)38-26(35)29-19(2)3/h1,16-20,22H,8-15H2,2-6H3,(H,29,35)(H,30,34)/t20-,22+/m0/s1. The molecule has 1 saturated carbocycles. The van der Waals surface area contributed by atoms with E-state index in [1.54, 1.807) is 10.9 Å². The molecule has 2 amide bonds. The summed E-state index contributed by atoms with van der Waals surface area (Å²) in [5.41, 5.74) is 0.971. The lowest BCUT2D eigenvalue weighted by Crippen LogP contribution is -2.33. The Balaban J connectivity index is 1.58. The summed E-state index contributed by atoms with van der Waals surface area (Å²) in [5, 5.41) is 14.9. The third-order valence-corrected chi connectivity index (χ3v) is 6.01. The predicted molar refractivity (Wildman–Crippen MR) is 143 cm³/mol. The second-order valence-corrected chi connectivity index (χ2v) is 10.7. The Kier molecular flexibility index (Phi) is 10.3. The summed E-state index contributed by atoms with van der Waals surface area (Å²) >= 11 is 0. The van der Waals surface area contributed by atoms with E-state index in [2.05, 4.69) is 21.7 Å². The van der Waals surface area contributed by atoms with Crippen molar-refractivity contribution in [1.29, 1.82) is 0 Å². The summed E-state index contributed by atoms with van der Waals surface area (Å²) in [6.45, 7) is 12.0. The first-order valence-corrected chi connectivity index (χ1v) is 13.1. The zero-order chi connectivity index (χ0) is 27.7. The highest BCUT2D eigenvalue weighted by molar-refractivity contribution is 6.03. The molecule has 0 aromatic carbocycles. The Labute approximate surface area is 224 Å². The smallest absolute Gasteiger partial charge is 0.407 e. The number of terminal acetylenes is 1. The Bertz CT molecular complexity index is 1110. The molecule has 208 valence electrons. The molecule has 1 aliphatic rings. The molecule has 0 saturated heterocycles. The van der Waals surface area contributed by atoms with Gasteiger partial charge in [-0.3, -0.25) is 9.48 Å². The molecule has 2 atom stereocenters. The molecule has 0 unspecified atom stereocenters. The van der Waals surface area contributed by atoms with Crippen LogP contribution < -0.4 is 10.6 Å². The van der Waals surface area contributed by atoms with Crippen LogP contribution in [0.15, 0.2) is 18.5 Å². The molecule has 2 N–H and O–H groups in total. The van der Waals surface area contributed by atoms with Gasteiger partial charge in [-0.25, -0.2) is 9.48 Å². The first-order chi connectivity index (χ1) is 18.1. The van der Waals surface area contributed by atoms with Gasteiger partial charge in [-0.1, -0.05) is 5.92 Å². The van der Waals surface area contributed by atoms with Crippen molar-refractivity contribution in [3.63, 3.8) is 0 Å². The average Bonchev–Trinajstić information content (AvgIpc) is 3.57. The highest BCUT2D eigenvalue weighted by Gasteiger charge is 2.32. The third-order valence-electron chi connectivity index (χ3n) is 6.01. The summed E-state index contributed by atoms with van der Waals surface area (Å²) < 4.78 is 19.7. The van der Waals surface area contributed by atoms with Gasteiger partial charge in [-0.2, -0.15) is 10.2 Å². The number of nitrogens with zero attached hydrogens (tertiary/aromatic N) is 4. The fourth-order valence-corrected chi connectivity index (χ4v) is 4.24. The van der Waals surface area contributed by atoms with E-state index in [1.165, 1.54) is 6.20 Å². The third kappa shape index (κ3) is 8.60. The van der Waals surface area contributed by atoms with Crippen LogP contribution in [0.1, 0.15) is 75.9 Å². The van der Waals surface area contributed by atoms with Crippen molar-refractivity contribution >= 4 is 17.8 Å². The summed E-state index contributed by atoms with van der Waals surface area (Å²) in [7, 11) is 0. The van der Waals surface area contributed by atoms with Gasteiger partial charge in [0.2, 0.25) is 0 Å². The summed E-state index contributed by atoms with van der Waals surface area (Å²) in [6.07, 6.45) is 10.1. The Morgan fingerprint density at radius 2 is 1.97 bits per heavy atom. The van der Waals surface area contributed by atoms with Gasteiger partial charge in [0.15, 0.2) is 0 Å². The van der Waals surface area contributed by atoms with Crippen molar-refractivity contribution in [1.82, 2.24) is 24.9 Å². The van der Waals surface area contributed by atoms with Gasteiger partial charge in [-0.15, -0.1) is 6.42 Å². The number of hydrogen-bond acceptors (Lipinski definition) is 7. The first kappa shape index (κ1) is 29.2. The maximum atomic E-state index is 13.0. The second kappa shape index (κ2) is 13.4. The van der Waals surface area contributed by atoms with Crippen molar-refractivity contribution in [2.75, 3.05) is 31.7 Å². The van der Waals surface area contributed by atoms with E-state index in [0.717, 1.165) is 18.5 Å². The Morgan fingerprint density at radius 1 is 1.21 bits per heavy atom. The molecular formula is C27H40N6O5. The fourth-order valence-electron chi connectivity index (χ4n) is 4.24. The minimum atomic E-state index is -0.389. The zero-order valence-electron chi connectivity index (χ0n) is 23.0. The van der Waals surface area contributed by atoms with Gasteiger partial charge >= 0.3 is 6.09 Å². The number of alkyl carbamates (subject to hydrolysis) is 1. The number of carbonyl (C=O) groups excluding carboxylic acids is 2. The molecule has 1 fully saturated rings. The van der Waals surface area contributed by atoms with Crippen LogP contribution in [0.25, 0.3) is 0 Å². The van der Waals surface area contributed by atoms with Crippen LogP contribution in [0.2, 0.25) is 0 Å². The van der Waals surface area contributed by atoms with Crippen LogP contribution in [0.4, 0.5) is 10.6 Å². The highest BCUT2D eigenvalue weighted by atomic mass is 16.6. The van der Waals surface area contributed by atoms with Gasteiger partial charge in [-0.05, 0) is 53.9 Å². The minimum Gasteiger partial charge on any atom is -0.446 e. The molecule has 2 aromatic rings. The van der Waals surface area contributed by atoms with Gasteiger partial charge in [0.05, 0.1) is 49.4 Å². The molecule has 3 rings (SSSR count). The van der Waals surface area contributed by atoms with Crippen LogP contribution in [0.3, 0.4) is 0 Å². The normalized spacial score (nSPS) is 17.4. The molecule has 1 aliphatic carbocycles. The summed E-state index contributed by atoms with van der Waals surface area (Å²) in [5.74, 6) is 2.89. The van der Waals surface area contributed by atoms with E-state index in [0.29, 0.717) is 44.2 Å². The predicted octanol–water partition coefficient (Wildman–Crippen LogP) is 3.52. The maximum Gasteiger partial charge on any atom is 0.407 e. The lowest BCUT2D eigenvalue weighted by Gasteiger charge is -2.22. The van der Waals surface area contributed by atoms with Crippen LogP contribution in [0, 0.1) is 12.3 Å². The van der Waals surface area contributed by atoms with E-state index in [1.807, 2.05) is 45.4 Å². The second-order valence-electron chi connectivity index (χ2n) is 10.7. The van der Waals surface area contributed by atoms with E-state index in [4.69, 9.17) is 25.7 Å². The van der Waals surface area contributed by atoms with E-state index >= 15 is 0 Å². The summed E-state index contributed by atoms with van der Waals surface area (Å²) in [6, 6.07) is 1.95. The maximum absolute atomic E-state index is 13.0. The van der Waals surface area contributed by atoms with Crippen LogP contribution in [0.5, 0.6) is 0 Å². The average molecular weight is 529 g/mol. The monoisotopic (exact) mass is 528 g/mol. The van der Waals surface area contributed by atoms with Crippen molar-refractivity contribution in [2.24, 2.45) is 0 Å². The fraction of sp³-hybridized carbons (Fsp3) is 0.630. The molecule has 0 spiro atoms. The first-order valence-electron chi connectivity index (χ1n) is 13.1. The van der Waals surface area contributed by atoms with Crippen molar-refractivity contribution in [2.45, 2.75) is 84.0 Å². The van der Waals surface area contributed by atoms with Crippen LogP contribution in [-0.2, 0) is 26.3 Å². The number of nitrogens with one attached hydrogen (secondary N) is 2. The molecule has 0 radical (unpaired) electrons. The Hall–Kier alpha value is -3.36. The zero-order valence-corrected chi connectivity index (χ0v) is 23.0. The quantitative estimate of drug-likeness (QED) is 0.319. The van der Waals surface area contributed by atoms with Crippen molar-refractivity contribution in [3.05, 3.63) is 29.7 Å². The van der Waals surface area contributed by atoms with Gasteiger partial charge in [0.25, 0.3) is 5.91 Å². The molecule has 38 heavy (non-hydrogen) atoms. The van der Waals surface area contributed by atoms with E-state index in [-0.39, 0.29) is 42.2 Å². The topological polar surface area (TPSA) is 122 Å². The number of anilines is 1. The molecule has 11 nitrogen and oxygen atoms in total. The molecule has 2 heterocycles. The number of rotatable bonds is 12. The van der Waals surface area contributed by atoms with Crippen molar-refractivity contribution in [3.8, 4) is 12.3 Å². The molecular weight excluding hydrogens is 488 g/mol. The van der Waals surface area contributed by atoms with Crippen LogP contribution in [-0.4, -0.2) is 70.1 Å². The highest BCUT2D eigenvalue weighted by Crippen LogP contribution is 2.37. The van der Waals surface area contributed by atoms with E-state index in [9.17, 15) is 9.59 Å². The SMILES string of the molecule is C#CCOCCOCCn1cc(C(=O)Nc2cc([C@H]3CC[C@@H](OC(=O)NC(C)C)C3)nn2C(C)(C)C)cn1. The number of aromatic nitrogens is 4. The summed E-state index contributed by atoms with van der Waals surface area (Å²) in [4.78, 5) is 25.0. The van der Waals surface area contributed by atoms with Gasteiger partial charge < -0.3 is 24.8 Å². The molecule has 11 heteroatoms. The molecule has 0 aliphatic heterocycles. The number of amides is 2. The lowest BCUT2D eigenvalue weighted by atomic mass is 10.0.